The molecule has 0 amide bonds. The summed E-state index contributed by atoms with van der Waals surface area (Å²) in [4.78, 5) is 8.51. The molecule has 0 aromatic heterocycles. The molecule has 2 rings (SSSR count). The van der Waals surface area contributed by atoms with Crippen LogP contribution in [0.3, 0.4) is 0 Å². The average Bonchev–Trinajstić information content (AvgIpc) is 2.49. The van der Waals surface area contributed by atoms with Gasteiger partial charge in [0.05, 0.1) is 16.9 Å². The lowest BCUT2D eigenvalue weighted by Crippen LogP contribution is -1.86. The minimum Gasteiger partial charge on any atom is -0.258 e. The van der Waals surface area contributed by atoms with Crippen molar-refractivity contribution in [2.24, 2.45) is 9.98 Å². The third-order valence-electron chi connectivity index (χ3n) is 2.36. The van der Waals surface area contributed by atoms with Gasteiger partial charge in [-0.25, -0.2) is 0 Å². The molecule has 0 atom stereocenters. The average molecular weight is 247 g/mol. The second kappa shape index (κ2) is 6.84. The van der Waals surface area contributed by atoms with Gasteiger partial charge in [-0.15, -0.1) is 0 Å². The first-order valence-corrected chi connectivity index (χ1v) is 5.86. The largest absolute Gasteiger partial charge is 0.258 e. The van der Waals surface area contributed by atoms with Gasteiger partial charge in [0.2, 0.25) is 0 Å². The monoisotopic (exact) mass is 247 g/mol. The molecular weight excluding hydrogens is 234 g/mol. The second-order valence-corrected chi connectivity index (χ2v) is 3.77. The molecule has 1 N–H and O–H groups in total. The number of nitrogens with zero attached hydrogens (tertiary/aromatic N) is 2. The molecule has 2 aromatic carbocycles. The van der Waals surface area contributed by atoms with E-state index in [1.807, 2.05) is 60.7 Å². The lowest BCUT2D eigenvalue weighted by atomic mass is 10.3. The SMILES string of the molecule is N=C=C(C=Nc1ccccc1)C=Nc1ccccc1. The molecule has 0 saturated heterocycles. The van der Waals surface area contributed by atoms with E-state index < -0.39 is 0 Å². The van der Waals surface area contributed by atoms with Gasteiger partial charge < -0.3 is 0 Å². The summed E-state index contributed by atoms with van der Waals surface area (Å²) in [6.45, 7) is 0. The van der Waals surface area contributed by atoms with Crippen LogP contribution in [-0.2, 0) is 0 Å². The number of rotatable bonds is 4. The molecule has 0 spiro atoms. The van der Waals surface area contributed by atoms with Crippen molar-refractivity contribution in [2.45, 2.75) is 0 Å². The van der Waals surface area contributed by atoms with Gasteiger partial charge in [-0.2, -0.15) is 0 Å². The maximum atomic E-state index is 7.22. The Bertz CT molecular complexity index is 570. The van der Waals surface area contributed by atoms with Crippen LogP contribution in [0, 0.1) is 5.41 Å². The highest BCUT2D eigenvalue weighted by atomic mass is 14.7. The van der Waals surface area contributed by atoms with Crippen LogP contribution >= 0.6 is 0 Å². The third-order valence-corrected chi connectivity index (χ3v) is 2.36. The van der Waals surface area contributed by atoms with E-state index in [0.717, 1.165) is 11.4 Å². The van der Waals surface area contributed by atoms with Crippen LogP contribution in [0.25, 0.3) is 0 Å². The van der Waals surface area contributed by atoms with Crippen LogP contribution in [0.15, 0.2) is 76.2 Å². The topological polar surface area (TPSA) is 48.6 Å². The van der Waals surface area contributed by atoms with E-state index in [1.54, 1.807) is 12.4 Å². The summed E-state index contributed by atoms with van der Waals surface area (Å²) in [6.07, 6.45) is 3.16. The summed E-state index contributed by atoms with van der Waals surface area (Å²) >= 11 is 0. The maximum Gasteiger partial charge on any atom is 0.0719 e. The van der Waals surface area contributed by atoms with Gasteiger partial charge in [-0.1, -0.05) is 36.4 Å². The molecule has 2 aromatic rings. The van der Waals surface area contributed by atoms with Crippen molar-refractivity contribution in [1.82, 2.24) is 0 Å². The van der Waals surface area contributed by atoms with Gasteiger partial charge >= 0.3 is 0 Å². The molecule has 3 heteroatoms. The summed E-state index contributed by atoms with van der Waals surface area (Å²) in [5, 5.41) is 7.22. The van der Waals surface area contributed by atoms with Crippen LogP contribution in [0.1, 0.15) is 0 Å². The molecule has 0 aliphatic heterocycles. The maximum absolute atomic E-state index is 7.22. The molecular formula is C16H13N3. The van der Waals surface area contributed by atoms with Crippen molar-refractivity contribution in [3.63, 3.8) is 0 Å². The fraction of sp³-hybridized carbons (Fsp3) is 0. The lowest BCUT2D eigenvalue weighted by Gasteiger charge is -1.92. The fourth-order valence-electron chi connectivity index (χ4n) is 1.41. The first-order chi connectivity index (χ1) is 9.38. The smallest absolute Gasteiger partial charge is 0.0719 e. The zero-order valence-electron chi connectivity index (χ0n) is 10.3. The summed E-state index contributed by atoms with van der Waals surface area (Å²) in [6, 6.07) is 19.1. The number of allylic oxidation sites excluding steroid dienone is 1. The van der Waals surface area contributed by atoms with Gasteiger partial charge in [0.15, 0.2) is 0 Å². The van der Waals surface area contributed by atoms with Crippen LogP contribution in [0.5, 0.6) is 0 Å². The van der Waals surface area contributed by atoms with Gasteiger partial charge in [-0.05, 0) is 30.1 Å². The van der Waals surface area contributed by atoms with Crippen molar-refractivity contribution in [3.05, 3.63) is 66.2 Å². The van der Waals surface area contributed by atoms with E-state index in [2.05, 4.69) is 15.9 Å². The normalized spacial score (nSPS) is 10.7. The molecule has 0 saturated carbocycles. The third kappa shape index (κ3) is 4.19. The Hall–Kier alpha value is -2.77. The Morgan fingerprint density at radius 1 is 0.789 bits per heavy atom. The first kappa shape index (κ1) is 12.7. The minimum atomic E-state index is 0.521. The van der Waals surface area contributed by atoms with Crippen molar-refractivity contribution in [1.29, 1.82) is 5.41 Å². The Kier molecular flexibility index (Phi) is 4.57. The number of para-hydroxylation sites is 2. The Balaban J connectivity index is 2.08. The second-order valence-electron chi connectivity index (χ2n) is 3.77. The van der Waals surface area contributed by atoms with Crippen molar-refractivity contribution >= 4 is 29.7 Å². The molecule has 0 heterocycles. The zero-order chi connectivity index (χ0) is 13.3. The van der Waals surface area contributed by atoms with Crippen LogP contribution in [0.4, 0.5) is 11.4 Å². The number of nitrogens with one attached hydrogen (secondary N) is 1. The van der Waals surface area contributed by atoms with E-state index >= 15 is 0 Å². The van der Waals surface area contributed by atoms with E-state index in [9.17, 15) is 0 Å². The number of aliphatic imine (C=N–C) groups is 2. The van der Waals surface area contributed by atoms with Gasteiger partial charge in [0.25, 0.3) is 0 Å². The standard InChI is InChI=1S/C16H13N3/c17-11-14(12-18-15-7-3-1-4-8-15)13-19-16-9-5-2-6-10-16/h1-10,12-13,17H. The number of hydrogen-bond donors (Lipinski definition) is 1. The quantitative estimate of drug-likeness (QED) is 0.795. The van der Waals surface area contributed by atoms with E-state index in [1.165, 1.54) is 0 Å². The molecule has 19 heavy (non-hydrogen) atoms. The fourth-order valence-corrected chi connectivity index (χ4v) is 1.41. The number of hydrogen-bond acceptors (Lipinski definition) is 3. The Labute approximate surface area is 112 Å². The van der Waals surface area contributed by atoms with Crippen LogP contribution in [-0.4, -0.2) is 18.3 Å². The predicted molar refractivity (Wildman–Crippen MR) is 80.4 cm³/mol. The van der Waals surface area contributed by atoms with Gasteiger partial charge in [0, 0.05) is 12.4 Å². The molecule has 3 nitrogen and oxygen atoms in total. The summed E-state index contributed by atoms with van der Waals surface area (Å²) in [5.41, 5.74) is 2.19. The molecule has 0 radical (unpaired) electrons. The number of benzene rings is 2. The van der Waals surface area contributed by atoms with Gasteiger partial charge in [0.1, 0.15) is 0 Å². The predicted octanol–water partition coefficient (Wildman–Crippen LogP) is 3.97. The molecule has 0 fully saturated rings. The van der Waals surface area contributed by atoms with E-state index in [0.29, 0.717) is 5.57 Å². The molecule has 0 bridgehead atoms. The highest BCUT2D eigenvalue weighted by molar-refractivity contribution is 6.12. The zero-order valence-corrected chi connectivity index (χ0v) is 10.3. The van der Waals surface area contributed by atoms with Crippen LogP contribution in [0.2, 0.25) is 0 Å². The van der Waals surface area contributed by atoms with Crippen molar-refractivity contribution in [3.8, 4) is 0 Å². The minimum absolute atomic E-state index is 0.521. The highest BCUT2D eigenvalue weighted by Gasteiger charge is 1.89. The molecule has 0 aliphatic carbocycles. The summed E-state index contributed by atoms with van der Waals surface area (Å²) in [7, 11) is 0. The van der Waals surface area contributed by atoms with E-state index in [4.69, 9.17) is 5.41 Å². The van der Waals surface area contributed by atoms with Crippen LogP contribution < -0.4 is 0 Å². The lowest BCUT2D eigenvalue weighted by molar-refractivity contribution is 1.52. The molecule has 0 aliphatic rings. The summed E-state index contributed by atoms with van der Waals surface area (Å²) < 4.78 is 0. The molecule has 92 valence electrons. The van der Waals surface area contributed by atoms with E-state index in [-0.39, 0.29) is 0 Å². The van der Waals surface area contributed by atoms with Crippen molar-refractivity contribution in [2.75, 3.05) is 0 Å². The Morgan fingerprint density at radius 3 is 1.58 bits per heavy atom. The molecule has 0 unspecified atom stereocenters. The van der Waals surface area contributed by atoms with Gasteiger partial charge in [-0.3, -0.25) is 15.4 Å². The highest BCUT2D eigenvalue weighted by Crippen LogP contribution is 2.10. The first-order valence-electron chi connectivity index (χ1n) is 5.86. The summed E-state index contributed by atoms with van der Waals surface area (Å²) in [5.74, 6) is 2.31. The van der Waals surface area contributed by atoms with Crippen molar-refractivity contribution < 1.29 is 0 Å². The Morgan fingerprint density at radius 2 is 1.21 bits per heavy atom.